The van der Waals surface area contributed by atoms with Gasteiger partial charge in [-0.2, -0.15) is 0 Å². The summed E-state index contributed by atoms with van der Waals surface area (Å²) in [6.45, 7) is 5.80. The lowest BCUT2D eigenvalue weighted by atomic mass is 9.94. The lowest BCUT2D eigenvalue weighted by Gasteiger charge is -2.11. The Morgan fingerprint density at radius 2 is 1.85 bits per heavy atom. The predicted molar refractivity (Wildman–Crippen MR) is 83.7 cm³/mol. The van der Waals surface area contributed by atoms with Gasteiger partial charge in [0.15, 0.2) is 9.84 Å². The molecule has 2 heterocycles. The third-order valence-electron chi connectivity index (χ3n) is 3.79. The minimum absolute atomic E-state index is 0.109. The van der Waals surface area contributed by atoms with Crippen LogP contribution in [0.25, 0.3) is 10.9 Å². The number of hydrogen-bond acceptors (Lipinski definition) is 3. The standard InChI is InChI=1S/C14H15NO2S.C2H6/c1-10-8-11(9-18(10,16)17)12-6-7-15-14-5-3-2-4-13(12)14;1-2/h2-7,10-11H,8-9H2,1H3;1-2H3. The zero-order valence-corrected chi connectivity index (χ0v) is 13.0. The van der Waals surface area contributed by atoms with Crippen molar-refractivity contribution in [3.63, 3.8) is 0 Å². The second-order valence-electron chi connectivity index (χ2n) is 4.99. The molecule has 108 valence electrons. The molecule has 0 spiro atoms. The van der Waals surface area contributed by atoms with Gasteiger partial charge in [0.2, 0.25) is 0 Å². The fraction of sp³-hybridized carbons (Fsp3) is 0.438. The Morgan fingerprint density at radius 1 is 1.15 bits per heavy atom. The first-order valence-corrected chi connectivity index (χ1v) is 8.85. The molecule has 1 aromatic heterocycles. The van der Waals surface area contributed by atoms with E-state index in [0.717, 1.165) is 22.9 Å². The lowest BCUT2D eigenvalue weighted by Crippen LogP contribution is -2.10. The van der Waals surface area contributed by atoms with Crippen molar-refractivity contribution < 1.29 is 8.42 Å². The fourth-order valence-corrected chi connectivity index (χ4v) is 4.48. The average Bonchev–Trinajstić information content (AvgIpc) is 2.74. The van der Waals surface area contributed by atoms with Crippen LogP contribution in [0.5, 0.6) is 0 Å². The van der Waals surface area contributed by atoms with Crippen molar-refractivity contribution in [2.75, 3.05) is 5.75 Å². The van der Waals surface area contributed by atoms with Gasteiger partial charge in [-0.25, -0.2) is 8.42 Å². The summed E-state index contributed by atoms with van der Waals surface area (Å²) in [5.74, 6) is 0.375. The van der Waals surface area contributed by atoms with Gasteiger partial charge in [-0.15, -0.1) is 0 Å². The van der Waals surface area contributed by atoms with Gasteiger partial charge in [-0.3, -0.25) is 4.98 Å². The van der Waals surface area contributed by atoms with Gasteiger partial charge in [0.05, 0.1) is 16.5 Å². The molecule has 1 saturated heterocycles. The summed E-state index contributed by atoms with van der Waals surface area (Å²) in [7, 11) is -2.91. The number of nitrogens with zero attached hydrogens (tertiary/aromatic N) is 1. The molecule has 1 aliphatic rings. The summed E-state index contributed by atoms with van der Waals surface area (Å²) in [6.07, 6.45) is 2.49. The van der Waals surface area contributed by atoms with Gasteiger partial charge in [0.1, 0.15) is 0 Å². The largest absolute Gasteiger partial charge is 0.256 e. The second-order valence-corrected chi connectivity index (χ2v) is 7.45. The molecule has 3 nitrogen and oxygen atoms in total. The molecule has 2 atom stereocenters. The Kier molecular flexibility index (Phi) is 4.43. The summed E-state index contributed by atoms with van der Waals surface area (Å²) >= 11 is 0. The number of fused-ring (bicyclic) bond motifs is 1. The van der Waals surface area contributed by atoms with Gasteiger partial charge in [0.25, 0.3) is 0 Å². The van der Waals surface area contributed by atoms with E-state index in [9.17, 15) is 8.42 Å². The monoisotopic (exact) mass is 291 g/mol. The maximum absolute atomic E-state index is 11.9. The van der Waals surface area contributed by atoms with Gasteiger partial charge in [0, 0.05) is 11.6 Å². The van der Waals surface area contributed by atoms with Crippen molar-refractivity contribution in [2.24, 2.45) is 0 Å². The molecule has 1 fully saturated rings. The number of para-hydroxylation sites is 1. The number of hydrogen-bond donors (Lipinski definition) is 0. The molecule has 0 bridgehead atoms. The third-order valence-corrected chi connectivity index (χ3v) is 6.07. The molecule has 3 rings (SSSR count). The number of rotatable bonds is 1. The highest BCUT2D eigenvalue weighted by molar-refractivity contribution is 7.92. The fourth-order valence-electron chi connectivity index (χ4n) is 2.75. The Hall–Kier alpha value is -1.42. The molecule has 0 N–H and O–H groups in total. The van der Waals surface area contributed by atoms with Crippen LogP contribution in [0.15, 0.2) is 36.5 Å². The highest BCUT2D eigenvalue weighted by atomic mass is 32.2. The molecule has 0 saturated carbocycles. The maximum atomic E-state index is 11.9. The Balaban J connectivity index is 0.000000704. The van der Waals surface area contributed by atoms with Crippen LogP contribution in [-0.2, 0) is 9.84 Å². The van der Waals surface area contributed by atoms with Gasteiger partial charge >= 0.3 is 0 Å². The smallest absolute Gasteiger partial charge is 0.153 e. The van der Waals surface area contributed by atoms with E-state index in [4.69, 9.17) is 0 Å². The highest BCUT2D eigenvalue weighted by Crippen LogP contribution is 2.36. The second kappa shape index (κ2) is 5.92. The molecule has 2 aromatic rings. The minimum atomic E-state index is -2.91. The highest BCUT2D eigenvalue weighted by Gasteiger charge is 2.36. The predicted octanol–water partition coefficient (Wildman–Crippen LogP) is 3.55. The van der Waals surface area contributed by atoms with Gasteiger partial charge < -0.3 is 0 Å². The molecule has 2 unspecified atom stereocenters. The van der Waals surface area contributed by atoms with E-state index in [1.165, 1.54) is 0 Å². The van der Waals surface area contributed by atoms with E-state index in [-0.39, 0.29) is 16.9 Å². The van der Waals surface area contributed by atoms with E-state index in [2.05, 4.69) is 4.98 Å². The summed E-state index contributed by atoms with van der Waals surface area (Å²) in [5, 5.41) is 0.851. The van der Waals surface area contributed by atoms with Crippen molar-refractivity contribution in [3.8, 4) is 0 Å². The molecule has 1 aliphatic heterocycles. The molecule has 4 heteroatoms. The topological polar surface area (TPSA) is 47.0 Å². The van der Waals surface area contributed by atoms with E-state index in [1.54, 1.807) is 13.1 Å². The summed E-state index contributed by atoms with van der Waals surface area (Å²) in [5.41, 5.74) is 2.06. The third kappa shape index (κ3) is 2.70. The Labute approximate surface area is 121 Å². The minimum Gasteiger partial charge on any atom is -0.256 e. The quantitative estimate of drug-likeness (QED) is 0.807. The Bertz CT molecular complexity index is 689. The van der Waals surface area contributed by atoms with E-state index >= 15 is 0 Å². The van der Waals surface area contributed by atoms with Crippen LogP contribution in [0.1, 0.15) is 38.7 Å². The molecular weight excluding hydrogens is 270 g/mol. The van der Waals surface area contributed by atoms with Crippen LogP contribution in [0.4, 0.5) is 0 Å². The van der Waals surface area contributed by atoms with Crippen LogP contribution in [0.2, 0.25) is 0 Å². The van der Waals surface area contributed by atoms with Crippen molar-refractivity contribution in [1.29, 1.82) is 0 Å². The van der Waals surface area contributed by atoms with E-state index in [1.807, 2.05) is 44.2 Å². The molecule has 1 aromatic carbocycles. The van der Waals surface area contributed by atoms with Crippen LogP contribution >= 0.6 is 0 Å². The molecule has 0 amide bonds. The first kappa shape index (κ1) is 15.0. The summed E-state index contributed by atoms with van der Waals surface area (Å²) < 4.78 is 23.7. The zero-order chi connectivity index (χ0) is 14.8. The lowest BCUT2D eigenvalue weighted by molar-refractivity contribution is 0.593. The van der Waals surface area contributed by atoms with Crippen LogP contribution in [0.3, 0.4) is 0 Å². The van der Waals surface area contributed by atoms with Gasteiger partial charge in [-0.05, 0) is 37.0 Å². The van der Waals surface area contributed by atoms with Crippen molar-refractivity contribution in [2.45, 2.75) is 38.4 Å². The zero-order valence-electron chi connectivity index (χ0n) is 12.2. The Morgan fingerprint density at radius 3 is 2.50 bits per heavy atom. The molecule has 0 radical (unpaired) electrons. The van der Waals surface area contributed by atoms with Crippen molar-refractivity contribution in [3.05, 3.63) is 42.1 Å². The number of benzene rings is 1. The van der Waals surface area contributed by atoms with Crippen LogP contribution in [0, 0.1) is 0 Å². The van der Waals surface area contributed by atoms with Crippen LogP contribution in [-0.4, -0.2) is 24.4 Å². The van der Waals surface area contributed by atoms with E-state index < -0.39 is 9.84 Å². The summed E-state index contributed by atoms with van der Waals surface area (Å²) in [6, 6.07) is 9.87. The SMILES string of the molecule is CC.CC1CC(c2ccnc3ccccc23)CS1(=O)=O. The normalized spacial score (nSPS) is 24.1. The molecule has 0 aliphatic carbocycles. The van der Waals surface area contributed by atoms with Crippen molar-refractivity contribution >= 4 is 20.7 Å². The number of sulfone groups is 1. The first-order chi connectivity index (χ1) is 9.58. The van der Waals surface area contributed by atoms with Gasteiger partial charge in [-0.1, -0.05) is 32.0 Å². The van der Waals surface area contributed by atoms with E-state index in [0.29, 0.717) is 0 Å². The average molecular weight is 291 g/mol. The molecule has 20 heavy (non-hydrogen) atoms. The van der Waals surface area contributed by atoms with Crippen molar-refractivity contribution in [1.82, 2.24) is 4.98 Å². The number of aromatic nitrogens is 1. The summed E-state index contributed by atoms with van der Waals surface area (Å²) in [4.78, 5) is 4.32. The first-order valence-electron chi connectivity index (χ1n) is 7.13. The maximum Gasteiger partial charge on any atom is 0.153 e. The number of pyridine rings is 1. The molecular formula is C16H21NO2S. The van der Waals surface area contributed by atoms with Crippen LogP contribution < -0.4 is 0 Å².